The number of halogens is 4. The Morgan fingerprint density at radius 3 is 2.46 bits per heavy atom. The largest absolute Gasteiger partial charge is 0.491 e. The van der Waals surface area contributed by atoms with Crippen LogP contribution in [-0.2, 0) is 15.9 Å². The molecule has 1 amide bonds. The third kappa shape index (κ3) is 5.65. The van der Waals surface area contributed by atoms with E-state index in [1.54, 1.807) is 13.0 Å². The molecule has 1 heterocycles. The summed E-state index contributed by atoms with van der Waals surface area (Å²) in [6.07, 6.45) is -3.68. The number of anilines is 1. The van der Waals surface area contributed by atoms with Crippen molar-refractivity contribution in [3.63, 3.8) is 0 Å². The van der Waals surface area contributed by atoms with Crippen LogP contribution in [0.5, 0.6) is 17.4 Å². The fourth-order valence-corrected chi connectivity index (χ4v) is 4.05. The molecule has 0 radical (unpaired) electrons. The van der Waals surface area contributed by atoms with Crippen molar-refractivity contribution >= 4 is 32.9 Å². The Labute approximate surface area is 204 Å². The molecule has 0 spiro atoms. The molecule has 8 nitrogen and oxygen atoms in total. The second-order valence-electron chi connectivity index (χ2n) is 7.51. The van der Waals surface area contributed by atoms with Crippen molar-refractivity contribution in [3.8, 4) is 17.4 Å². The Balaban J connectivity index is 2.12. The number of rotatable bonds is 6. The zero-order valence-electron chi connectivity index (χ0n) is 18.9. The van der Waals surface area contributed by atoms with E-state index in [0.717, 1.165) is 6.92 Å². The fourth-order valence-electron chi connectivity index (χ4n) is 3.13. The van der Waals surface area contributed by atoms with Crippen molar-refractivity contribution in [1.29, 1.82) is 4.78 Å². The first-order chi connectivity index (χ1) is 16.2. The van der Waals surface area contributed by atoms with Gasteiger partial charge in [0.05, 0.1) is 21.9 Å². The third-order valence-corrected chi connectivity index (χ3v) is 6.51. The highest BCUT2D eigenvalue weighted by molar-refractivity contribution is 7.91. The first-order valence-electron chi connectivity index (χ1n) is 9.84. The summed E-state index contributed by atoms with van der Waals surface area (Å²) in [5, 5.41) is 9.40. The van der Waals surface area contributed by atoms with Crippen molar-refractivity contribution in [2.75, 3.05) is 18.7 Å². The van der Waals surface area contributed by atoms with Crippen molar-refractivity contribution < 1.29 is 31.6 Å². The van der Waals surface area contributed by atoms with Crippen LogP contribution in [-0.4, -0.2) is 33.7 Å². The van der Waals surface area contributed by atoms with Crippen LogP contribution in [0.3, 0.4) is 0 Å². The van der Waals surface area contributed by atoms with Gasteiger partial charge in [0.25, 0.3) is 11.8 Å². The third-order valence-electron chi connectivity index (χ3n) is 4.89. The van der Waals surface area contributed by atoms with E-state index in [1.807, 2.05) is 0 Å². The highest BCUT2D eigenvalue weighted by atomic mass is 35.5. The highest BCUT2D eigenvalue weighted by Gasteiger charge is 2.38. The van der Waals surface area contributed by atoms with Gasteiger partial charge in [-0.05, 0) is 49.2 Å². The number of carbonyl (C=O) groups is 1. The lowest BCUT2D eigenvalue weighted by Gasteiger charge is -2.17. The Hall–Kier alpha value is -3.38. The zero-order valence-corrected chi connectivity index (χ0v) is 20.5. The van der Waals surface area contributed by atoms with Gasteiger partial charge in [-0.25, -0.2) is 8.99 Å². The van der Waals surface area contributed by atoms with E-state index >= 15 is 0 Å². The molecule has 1 atom stereocenters. The number of aryl methyl sites for hydroxylation is 1. The number of nitrogens with one attached hydrogen (secondary N) is 2. The molecule has 0 saturated heterocycles. The molecule has 0 fully saturated rings. The van der Waals surface area contributed by atoms with Crippen LogP contribution in [0.25, 0.3) is 0 Å². The number of amides is 1. The van der Waals surface area contributed by atoms with Crippen LogP contribution in [0.2, 0.25) is 5.02 Å². The molecule has 0 aliphatic heterocycles. The lowest BCUT2D eigenvalue weighted by molar-refractivity contribution is -0.142. The summed E-state index contributed by atoms with van der Waals surface area (Å²) >= 11 is 6.23. The van der Waals surface area contributed by atoms with Crippen LogP contribution in [0.4, 0.5) is 18.9 Å². The number of hydrogen-bond acceptors (Lipinski definition) is 7. The lowest BCUT2D eigenvalue weighted by atomic mass is 10.1. The highest BCUT2D eigenvalue weighted by Crippen LogP contribution is 2.41. The second kappa shape index (κ2) is 9.70. The van der Waals surface area contributed by atoms with Crippen LogP contribution in [0, 0.1) is 18.6 Å². The summed E-state index contributed by atoms with van der Waals surface area (Å²) in [5.74, 6) is -1.40. The minimum atomic E-state index is -4.88. The van der Waals surface area contributed by atoms with Gasteiger partial charge in [0, 0.05) is 16.8 Å². The quantitative estimate of drug-likeness (QED) is 0.414. The zero-order chi connectivity index (χ0) is 26.1. The molecular formula is C22H20ClF3N4O4S. The average Bonchev–Trinajstić information content (AvgIpc) is 2.75. The SMILES string of the molecule is COc1c(Oc2nnc(C(F)(F)F)c(C)c2C(=O)Nc2cccc(S(C)(=N)=O)c2)ccc(C)c1Cl. The molecular weight excluding hydrogens is 509 g/mol. The molecule has 0 bridgehead atoms. The summed E-state index contributed by atoms with van der Waals surface area (Å²) in [7, 11) is -1.77. The molecule has 3 aromatic rings. The Morgan fingerprint density at radius 2 is 1.86 bits per heavy atom. The summed E-state index contributed by atoms with van der Waals surface area (Å²) in [4.78, 5) is 13.3. The van der Waals surface area contributed by atoms with Crippen LogP contribution < -0.4 is 14.8 Å². The van der Waals surface area contributed by atoms with Gasteiger partial charge in [-0.2, -0.15) is 13.2 Å². The molecule has 3 rings (SSSR count). The van der Waals surface area contributed by atoms with Gasteiger partial charge >= 0.3 is 6.18 Å². The lowest BCUT2D eigenvalue weighted by Crippen LogP contribution is -2.21. The molecule has 0 aliphatic rings. The molecule has 2 aromatic carbocycles. The molecule has 1 unspecified atom stereocenters. The van der Waals surface area contributed by atoms with Gasteiger partial charge in [-0.15, -0.1) is 10.2 Å². The predicted molar refractivity (Wildman–Crippen MR) is 124 cm³/mol. The normalized spacial score (nSPS) is 13.1. The number of methoxy groups -OCH3 is 1. The fraction of sp³-hybridized carbons (Fsp3) is 0.227. The molecule has 35 heavy (non-hydrogen) atoms. The predicted octanol–water partition coefficient (Wildman–Crippen LogP) is 5.85. The van der Waals surface area contributed by atoms with E-state index in [2.05, 4.69) is 15.5 Å². The number of alkyl halides is 3. The first-order valence-corrected chi connectivity index (χ1v) is 12.2. The van der Waals surface area contributed by atoms with Gasteiger partial charge in [0.15, 0.2) is 17.2 Å². The van der Waals surface area contributed by atoms with Crippen molar-refractivity contribution in [3.05, 3.63) is 63.8 Å². The van der Waals surface area contributed by atoms with E-state index in [-0.39, 0.29) is 27.1 Å². The molecule has 0 saturated carbocycles. The monoisotopic (exact) mass is 528 g/mol. The van der Waals surface area contributed by atoms with Gasteiger partial charge in [-0.3, -0.25) is 4.79 Å². The minimum absolute atomic E-state index is 0.00698. The van der Waals surface area contributed by atoms with Crippen LogP contribution in [0.15, 0.2) is 41.3 Å². The summed E-state index contributed by atoms with van der Waals surface area (Å²) in [6, 6.07) is 8.69. The van der Waals surface area contributed by atoms with Gasteiger partial charge in [0.1, 0.15) is 5.56 Å². The molecule has 0 aliphatic carbocycles. The number of aromatic nitrogens is 2. The summed E-state index contributed by atoms with van der Waals surface area (Å²) < 4.78 is 71.2. The number of nitrogens with zero attached hydrogens (tertiary/aromatic N) is 2. The number of carbonyl (C=O) groups excluding carboxylic acids is 1. The van der Waals surface area contributed by atoms with Gasteiger partial charge < -0.3 is 14.8 Å². The Kier molecular flexibility index (Phi) is 7.27. The molecule has 186 valence electrons. The van der Waals surface area contributed by atoms with E-state index in [0.29, 0.717) is 5.56 Å². The maximum atomic E-state index is 13.5. The van der Waals surface area contributed by atoms with E-state index in [4.69, 9.17) is 25.9 Å². The van der Waals surface area contributed by atoms with Crippen LogP contribution >= 0.6 is 11.6 Å². The van der Waals surface area contributed by atoms with Gasteiger partial charge in [0.2, 0.25) is 0 Å². The molecule has 1 aromatic heterocycles. The maximum Gasteiger partial charge on any atom is 0.435 e. The Bertz CT molecular complexity index is 1410. The Morgan fingerprint density at radius 1 is 1.17 bits per heavy atom. The smallest absolute Gasteiger partial charge is 0.435 e. The van der Waals surface area contributed by atoms with Crippen molar-refractivity contribution in [1.82, 2.24) is 10.2 Å². The standard InChI is InChI=1S/C22H20ClF3N4O4S/c1-11-8-9-15(18(33-3)17(11)23)34-21-16(12(2)19(29-30-21)22(24,25)26)20(31)28-13-6-5-7-14(10-13)35(4,27)32/h5-10,27H,1-4H3,(H,28,31). The van der Waals surface area contributed by atoms with E-state index in [9.17, 15) is 22.2 Å². The van der Waals surface area contributed by atoms with Gasteiger partial charge in [-0.1, -0.05) is 23.7 Å². The molecule has 13 heteroatoms. The second-order valence-corrected chi connectivity index (χ2v) is 10.0. The summed E-state index contributed by atoms with van der Waals surface area (Å²) in [5.41, 5.74) is -1.64. The minimum Gasteiger partial charge on any atom is -0.491 e. The number of ether oxygens (including phenoxy) is 2. The topological polar surface area (TPSA) is 114 Å². The van der Waals surface area contributed by atoms with Crippen molar-refractivity contribution in [2.45, 2.75) is 24.9 Å². The van der Waals surface area contributed by atoms with E-state index < -0.39 is 44.5 Å². The molecule has 2 N–H and O–H groups in total. The number of benzene rings is 2. The van der Waals surface area contributed by atoms with Crippen molar-refractivity contribution in [2.24, 2.45) is 0 Å². The maximum absolute atomic E-state index is 13.5. The number of hydrogen-bond donors (Lipinski definition) is 2. The first kappa shape index (κ1) is 26.2. The van der Waals surface area contributed by atoms with E-state index in [1.165, 1.54) is 43.7 Å². The summed E-state index contributed by atoms with van der Waals surface area (Å²) in [6.45, 7) is 2.78. The van der Waals surface area contributed by atoms with Crippen LogP contribution in [0.1, 0.15) is 27.2 Å². The average molecular weight is 529 g/mol.